The van der Waals surface area contributed by atoms with E-state index < -0.39 is 60.1 Å². The Labute approximate surface area is 234 Å². The first-order chi connectivity index (χ1) is 19.7. The van der Waals surface area contributed by atoms with Gasteiger partial charge in [-0.1, -0.05) is 12.1 Å². The molecule has 5 heterocycles. The Balaban J connectivity index is 1.32. The molecule has 1 saturated carbocycles. The predicted octanol–water partition coefficient (Wildman–Crippen LogP) is 2.69. The molecular weight excluding hydrogens is 538 g/mol. The van der Waals surface area contributed by atoms with Crippen molar-refractivity contribution in [3.05, 3.63) is 41.6 Å². The summed E-state index contributed by atoms with van der Waals surface area (Å²) in [5.41, 5.74) is 1.18. The molecule has 5 aliphatic rings. The number of aromatic amines is 1. The van der Waals surface area contributed by atoms with Crippen LogP contribution in [0.5, 0.6) is 5.75 Å². The highest BCUT2D eigenvalue weighted by atomic mass is 19.3. The minimum absolute atomic E-state index is 0.100. The fourth-order valence-electron chi connectivity index (χ4n) is 6.81. The van der Waals surface area contributed by atoms with Crippen molar-refractivity contribution in [3.8, 4) is 5.75 Å². The van der Waals surface area contributed by atoms with Crippen LogP contribution >= 0.6 is 0 Å². The van der Waals surface area contributed by atoms with Gasteiger partial charge in [-0.25, -0.2) is 13.6 Å². The van der Waals surface area contributed by atoms with Crippen LogP contribution in [-0.2, 0) is 19.1 Å². The van der Waals surface area contributed by atoms with Crippen LogP contribution in [0.4, 0.5) is 8.78 Å². The van der Waals surface area contributed by atoms with E-state index in [0.29, 0.717) is 48.0 Å². The zero-order valence-electron chi connectivity index (χ0n) is 22.6. The third-order valence-corrected chi connectivity index (χ3v) is 8.81. The average Bonchev–Trinajstić information content (AvgIpc) is 3.67. The highest BCUT2D eigenvalue weighted by molar-refractivity contribution is 6.02. The number of aromatic nitrogens is 1. The Morgan fingerprint density at radius 3 is 2.78 bits per heavy atom. The third-order valence-electron chi connectivity index (χ3n) is 8.81. The summed E-state index contributed by atoms with van der Waals surface area (Å²) >= 11 is 0. The number of carbonyl (C=O) groups excluding carboxylic acids is 4. The number of nitrogens with zero attached hydrogens (tertiary/aromatic N) is 1. The van der Waals surface area contributed by atoms with E-state index in [-0.39, 0.29) is 31.0 Å². The fraction of sp³-hybridized carbons (Fsp3) is 0.517. The molecule has 12 heteroatoms. The normalized spacial score (nSPS) is 28.6. The molecule has 4 saturated heterocycles. The van der Waals surface area contributed by atoms with Gasteiger partial charge in [-0.05, 0) is 43.9 Å². The van der Waals surface area contributed by atoms with Crippen molar-refractivity contribution in [3.63, 3.8) is 0 Å². The molecule has 1 aromatic heterocycles. The van der Waals surface area contributed by atoms with Crippen LogP contribution in [0.25, 0.3) is 10.9 Å². The molecule has 218 valence electrons. The summed E-state index contributed by atoms with van der Waals surface area (Å²) in [5.74, 6) is -6.28. The number of rotatable bonds is 7. The van der Waals surface area contributed by atoms with Crippen molar-refractivity contribution < 1.29 is 37.4 Å². The highest BCUT2D eigenvalue weighted by Crippen LogP contribution is 2.49. The lowest BCUT2D eigenvalue weighted by Crippen LogP contribution is -2.68. The number of amides is 3. The van der Waals surface area contributed by atoms with Crippen molar-refractivity contribution >= 4 is 34.6 Å². The molecule has 2 aromatic rings. The summed E-state index contributed by atoms with van der Waals surface area (Å²) in [6.45, 7) is 0.713. The fourth-order valence-corrected chi connectivity index (χ4v) is 6.81. The smallest absolute Gasteiger partial charge is 0.333 e. The minimum Gasteiger partial charge on any atom is -0.496 e. The number of cyclic esters (lactones) is 1. The molecule has 5 fully saturated rings. The Morgan fingerprint density at radius 1 is 1.27 bits per heavy atom. The van der Waals surface area contributed by atoms with Gasteiger partial charge in [-0.3, -0.25) is 14.4 Å². The molecule has 10 nitrogen and oxygen atoms in total. The van der Waals surface area contributed by atoms with Gasteiger partial charge >= 0.3 is 5.97 Å². The van der Waals surface area contributed by atoms with Crippen molar-refractivity contribution in [2.45, 2.75) is 62.6 Å². The molecule has 1 aromatic carbocycles. The van der Waals surface area contributed by atoms with Gasteiger partial charge < -0.3 is 30.0 Å². The molecule has 1 aliphatic carbocycles. The Kier molecular flexibility index (Phi) is 6.95. The van der Waals surface area contributed by atoms with E-state index in [1.807, 2.05) is 0 Å². The van der Waals surface area contributed by atoms with E-state index in [1.54, 1.807) is 30.3 Å². The first kappa shape index (κ1) is 27.2. The number of H-pyrrole nitrogens is 1. The van der Waals surface area contributed by atoms with Gasteiger partial charge in [-0.15, -0.1) is 0 Å². The van der Waals surface area contributed by atoms with Gasteiger partial charge in [0.2, 0.25) is 11.8 Å². The Morgan fingerprint density at radius 2 is 2.10 bits per heavy atom. The first-order valence-electron chi connectivity index (χ1n) is 14.0. The molecule has 0 unspecified atom stereocenters. The average molecular weight is 571 g/mol. The number of hydrogen-bond acceptors (Lipinski definition) is 6. The maximum Gasteiger partial charge on any atom is 0.333 e. The first-order valence-corrected chi connectivity index (χ1v) is 14.0. The standard InChI is InChI=1S/C29H32F2N4O6/c1-40-23-4-2-3-21-19(23)13-22(34-21)27(38)35-18-5-6-20(29(30,31)14-18)24(35)26(37)33-17(11-15-7-9-32-25(15)36)12-16-8-10-41-28(16)39/h2-4,12-13,15,17-18,20,24,34H,5-11,14H2,1H3,(H,32,36)(H,33,37)/b16-12-/t15-,17+,18-,20-,24-/m0/s1. The zero-order valence-corrected chi connectivity index (χ0v) is 22.6. The van der Waals surface area contributed by atoms with Crippen LogP contribution in [-0.4, -0.2) is 77.9 Å². The molecule has 41 heavy (non-hydrogen) atoms. The SMILES string of the molecule is COc1cccc2[nH]c(C(=O)N3[C@H]4CC[C@@H]([C@H]3C(=O)N[C@@H](/C=C3/CCOC3=O)C[C@@H]3CCNC3=O)C(F)(F)C4)cc12. The number of ether oxygens (including phenoxy) is 2. The monoisotopic (exact) mass is 570 g/mol. The van der Waals surface area contributed by atoms with Crippen LogP contribution < -0.4 is 15.4 Å². The van der Waals surface area contributed by atoms with Gasteiger partial charge in [0.1, 0.15) is 17.5 Å². The lowest BCUT2D eigenvalue weighted by Gasteiger charge is -2.53. The topological polar surface area (TPSA) is 130 Å². The van der Waals surface area contributed by atoms with Crippen LogP contribution in [0.3, 0.4) is 0 Å². The maximum atomic E-state index is 15.2. The summed E-state index contributed by atoms with van der Waals surface area (Å²) in [4.78, 5) is 56.6. The van der Waals surface area contributed by atoms with Gasteiger partial charge in [0.25, 0.3) is 11.8 Å². The second kappa shape index (κ2) is 10.5. The summed E-state index contributed by atoms with van der Waals surface area (Å²) in [7, 11) is 1.52. The number of esters is 1. The van der Waals surface area contributed by atoms with E-state index in [2.05, 4.69) is 15.6 Å². The van der Waals surface area contributed by atoms with Crippen molar-refractivity contribution in [1.29, 1.82) is 0 Å². The number of fused-ring (bicyclic) bond motifs is 4. The number of carbonyl (C=O) groups is 4. The third kappa shape index (κ3) is 4.93. The predicted molar refractivity (Wildman–Crippen MR) is 142 cm³/mol. The second-order valence-corrected chi connectivity index (χ2v) is 11.3. The van der Waals surface area contributed by atoms with E-state index in [1.165, 1.54) is 12.0 Å². The second-order valence-electron chi connectivity index (χ2n) is 11.3. The molecule has 4 aliphatic heterocycles. The van der Waals surface area contributed by atoms with Crippen LogP contribution in [0.2, 0.25) is 0 Å². The maximum absolute atomic E-state index is 15.2. The number of methoxy groups -OCH3 is 1. The molecule has 3 amide bonds. The highest BCUT2D eigenvalue weighted by Gasteiger charge is 2.60. The van der Waals surface area contributed by atoms with Gasteiger partial charge in [0.05, 0.1) is 19.6 Å². The molecule has 0 radical (unpaired) electrons. The quantitative estimate of drug-likeness (QED) is 0.347. The van der Waals surface area contributed by atoms with E-state index in [0.717, 1.165) is 0 Å². The minimum atomic E-state index is -3.13. The lowest BCUT2D eigenvalue weighted by atomic mass is 9.71. The van der Waals surface area contributed by atoms with E-state index >= 15 is 8.78 Å². The van der Waals surface area contributed by atoms with E-state index in [9.17, 15) is 19.2 Å². The molecule has 3 N–H and O–H groups in total. The number of halogens is 2. The van der Waals surface area contributed by atoms with Crippen molar-refractivity contribution in [2.24, 2.45) is 11.8 Å². The molecule has 2 bridgehead atoms. The molecule has 0 spiro atoms. The van der Waals surface area contributed by atoms with Crippen molar-refractivity contribution in [1.82, 2.24) is 20.5 Å². The number of hydrogen-bond donors (Lipinski definition) is 3. The summed E-state index contributed by atoms with van der Waals surface area (Å²) in [6.07, 6.45) is 2.61. The van der Waals surface area contributed by atoms with Gasteiger partial charge in [0.15, 0.2) is 0 Å². The number of benzene rings is 1. The van der Waals surface area contributed by atoms with Crippen molar-refractivity contribution in [2.75, 3.05) is 20.3 Å². The Bertz CT molecular complexity index is 1440. The zero-order chi connectivity index (χ0) is 28.9. The van der Waals surface area contributed by atoms with Crippen LogP contribution in [0.15, 0.2) is 35.9 Å². The summed E-state index contributed by atoms with van der Waals surface area (Å²) in [5, 5.41) is 6.25. The number of piperidine rings is 2. The van der Waals surface area contributed by atoms with E-state index in [4.69, 9.17) is 9.47 Å². The molecular formula is C29H32F2N4O6. The molecule has 7 rings (SSSR count). The van der Waals surface area contributed by atoms with Gasteiger partial charge in [0, 0.05) is 53.9 Å². The lowest BCUT2D eigenvalue weighted by molar-refractivity contribution is -0.179. The van der Waals surface area contributed by atoms with Gasteiger partial charge in [-0.2, -0.15) is 0 Å². The van der Waals surface area contributed by atoms with Crippen LogP contribution in [0, 0.1) is 11.8 Å². The largest absolute Gasteiger partial charge is 0.496 e. The van der Waals surface area contributed by atoms with Crippen LogP contribution in [0.1, 0.15) is 49.0 Å². The summed E-state index contributed by atoms with van der Waals surface area (Å²) < 4.78 is 40.9. The molecule has 5 atom stereocenters. The Hall–Kier alpha value is -3.96. The summed E-state index contributed by atoms with van der Waals surface area (Å²) in [6, 6.07) is 3.89. The number of alkyl halides is 2. The number of nitrogens with one attached hydrogen (secondary N) is 3.